The molecule has 0 radical (unpaired) electrons. The molecule has 0 spiro atoms. The van der Waals surface area contributed by atoms with Crippen LogP contribution >= 0.6 is 0 Å². The van der Waals surface area contributed by atoms with Crippen LogP contribution in [0.3, 0.4) is 0 Å². The van der Waals surface area contributed by atoms with Crippen LogP contribution in [-0.2, 0) is 0 Å². The van der Waals surface area contributed by atoms with Crippen molar-refractivity contribution in [3.63, 3.8) is 0 Å². The number of hydrogen-bond acceptors (Lipinski definition) is 2. The molecule has 0 bridgehead atoms. The lowest BCUT2D eigenvalue weighted by molar-refractivity contribution is 0.149. The van der Waals surface area contributed by atoms with Gasteiger partial charge in [-0.1, -0.05) is 44.2 Å². The molecule has 1 saturated heterocycles. The van der Waals surface area contributed by atoms with E-state index in [0.717, 1.165) is 5.92 Å². The summed E-state index contributed by atoms with van der Waals surface area (Å²) in [6, 6.07) is 11.6. The summed E-state index contributed by atoms with van der Waals surface area (Å²) in [6.07, 6.45) is 5.17. The molecule has 1 aliphatic heterocycles. The smallest absolute Gasteiger partial charge is 0.0345 e. The van der Waals surface area contributed by atoms with Crippen LogP contribution in [0.4, 0.5) is 0 Å². The lowest BCUT2D eigenvalue weighted by Crippen LogP contribution is -2.40. The van der Waals surface area contributed by atoms with Crippen molar-refractivity contribution >= 4 is 0 Å². The van der Waals surface area contributed by atoms with Crippen molar-refractivity contribution in [1.29, 1.82) is 0 Å². The first-order chi connectivity index (χ1) is 9.85. The summed E-state index contributed by atoms with van der Waals surface area (Å²) in [5, 5.41) is 3.55. The summed E-state index contributed by atoms with van der Waals surface area (Å²) in [6.45, 7) is 9.48. The van der Waals surface area contributed by atoms with Crippen molar-refractivity contribution in [2.75, 3.05) is 26.2 Å². The maximum absolute atomic E-state index is 3.55. The topological polar surface area (TPSA) is 15.3 Å². The average molecular weight is 274 g/mol. The SMILES string of the molecule is CCCN(CC1CCCNC1)C(CC)c1ccccc1. The first-order valence-electron chi connectivity index (χ1n) is 8.34. The second kappa shape index (κ2) is 8.43. The molecule has 1 fully saturated rings. The molecule has 2 rings (SSSR count). The normalized spacial score (nSPS) is 21.1. The van der Waals surface area contributed by atoms with E-state index in [1.54, 1.807) is 0 Å². The molecular weight excluding hydrogens is 244 g/mol. The van der Waals surface area contributed by atoms with Gasteiger partial charge >= 0.3 is 0 Å². The van der Waals surface area contributed by atoms with Crippen molar-refractivity contribution in [2.24, 2.45) is 5.92 Å². The van der Waals surface area contributed by atoms with Crippen LogP contribution in [0, 0.1) is 5.92 Å². The number of benzene rings is 1. The van der Waals surface area contributed by atoms with Crippen molar-refractivity contribution in [3.8, 4) is 0 Å². The van der Waals surface area contributed by atoms with Gasteiger partial charge in [-0.15, -0.1) is 0 Å². The van der Waals surface area contributed by atoms with E-state index in [1.807, 2.05) is 0 Å². The van der Waals surface area contributed by atoms with Gasteiger partial charge in [-0.3, -0.25) is 4.90 Å². The third-order valence-electron chi connectivity index (χ3n) is 4.41. The van der Waals surface area contributed by atoms with Crippen LogP contribution in [0.5, 0.6) is 0 Å². The summed E-state index contributed by atoms with van der Waals surface area (Å²) in [5.41, 5.74) is 1.48. The Morgan fingerprint density at radius 3 is 2.65 bits per heavy atom. The maximum atomic E-state index is 3.55. The third-order valence-corrected chi connectivity index (χ3v) is 4.41. The van der Waals surface area contributed by atoms with E-state index in [4.69, 9.17) is 0 Å². The zero-order valence-electron chi connectivity index (χ0n) is 13.1. The maximum Gasteiger partial charge on any atom is 0.0345 e. The molecule has 1 N–H and O–H groups in total. The average Bonchev–Trinajstić information content (AvgIpc) is 2.50. The summed E-state index contributed by atoms with van der Waals surface area (Å²) in [4.78, 5) is 2.72. The number of nitrogens with zero attached hydrogens (tertiary/aromatic N) is 1. The van der Waals surface area contributed by atoms with E-state index in [2.05, 4.69) is 54.4 Å². The molecule has 0 saturated carbocycles. The van der Waals surface area contributed by atoms with E-state index in [-0.39, 0.29) is 0 Å². The number of rotatable bonds is 7. The van der Waals surface area contributed by atoms with E-state index >= 15 is 0 Å². The van der Waals surface area contributed by atoms with E-state index in [1.165, 1.54) is 57.4 Å². The van der Waals surface area contributed by atoms with Crippen molar-refractivity contribution in [2.45, 2.75) is 45.6 Å². The molecule has 0 amide bonds. The van der Waals surface area contributed by atoms with Gasteiger partial charge in [0.2, 0.25) is 0 Å². The van der Waals surface area contributed by atoms with Crippen LogP contribution in [-0.4, -0.2) is 31.1 Å². The predicted molar refractivity (Wildman–Crippen MR) is 86.9 cm³/mol. The fourth-order valence-corrected chi connectivity index (χ4v) is 3.45. The lowest BCUT2D eigenvalue weighted by Gasteiger charge is -2.35. The van der Waals surface area contributed by atoms with Gasteiger partial charge in [0.25, 0.3) is 0 Å². The molecule has 2 atom stereocenters. The van der Waals surface area contributed by atoms with Gasteiger partial charge in [0.05, 0.1) is 0 Å². The number of piperidine rings is 1. The lowest BCUT2D eigenvalue weighted by atomic mass is 9.96. The first kappa shape index (κ1) is 15.5. The van der Waals surface area contributed by atoms with Crippen LogP contribution in [0.2, 0.25) is 0 Å². The Balaban J connectivity index is 2.04. The molecule has 1 aromatic rings. The van der Waals surface area contributed by atoms with Gasteiger partial charge in [0, 0.05) is 12.6 Å². The Hall–Kier alpha value is -0.860. The Bertz CT molecular complexity index is 357. The minimum absolute atomic E-state index is 0.582. The summed E-state index contributed by atoms with van der Waals surface area (Å²) in [5.74, 6) is 0.827. The second-order valence-electron chi connectivity index (χ2n) is 6.04. The Labute approximate surface area is 124 Å². The molecule has 1 heterocycles. The van der Waals surface area contributed by atoms with Crippen LogP contribution < -0.4 is 5.32 Å². The molecule has 112 valence electrons. The Morgan fingerprint density at radius 2 is 2.05 bits per heavy atom. The second-order valence-corrected chi connectivity index (χ2v) is 6.04. The molecule has 2 heteroatoms. The van der Waals surface area contributed by atoms with Crippen molar-refractivity contribution in [1.82, 2.24) is 10.2 Å². The van der Waals surface area contributed by atoms with Crippen LogP contribution in [0.15, 0.2) is 30.3 Å². The summed E-state index contributed by atoms with van der Waals surface area (Å²) < 4.78 is 0. The minimum atomic E-state index is 0.582. The molecule has 20 heavy (non-hydrogen) atoms. The van der Waals surface area contributed by atoms with Crippen LogP contribution in [0.1, 0.15) is 51.1 Å². The molecule has 0 aliphatic carbocycles. The first-order valence-corrected chi connectivity index (χ1v) is 8.34. The highest BCUT2D eigenvalue weighted by Crippen LogP contribution is 2.26. The molecule has 2 unspecified atom stereocenters. The zero-order valence-corrected chi connectivity index (χ0v) is 13.1. The fourth-order valence-electron chi connectivity index (χ4n) is 3.45. The largest absolute Gasteiger partial charge is 0.316 e. The third kappa shape index (κ3) is 4.32. The van der Waals surface area contributed by atoms with Crippen molar-refractivity contribution in [3.05, 3.63) is 35.9 Å². The highest BCUT2D eigenvalue weighted by atomic mass is 15.2. The quantitative estimate of drug-likeness (QED) is 0.812. The standard InChI is InChI=1S/C18H30N2/c1-3-13-20(15-16-9-8-12-19-14-16)18(4-2)17-10-6-5-7-11-17/h5-7,10-11,16,18-19H,3-4,8-9,12-15H2,1-2H3. The van der Waals surface area contributed by atoms with E-state index < -0.39 is 0 Å². The van der Waals surface area contributed by atoms with Gasteiger partial charge in [-0.05, 0) is 56.8 Å². The number of hydrogen-bond donors (Lipinski definition) is 1. The predicted octanol–water partition coefficient (Wildman–Crippen LogP) is 3.85. The Kier molecular flexibility index (Phi) is 6.55. The highest BCUT2D eigenvalue weighted by molar-refractivity contribution is 5.19. The van der Waals surface area contributed by atoms with Crippen LogP contribution in [0.25, 0.3) is 0 Å². The molecule has 1 aromatic carbocycles. The van der Waals surface area contributed by atoms with Gasteiger partial charge in [0.1, 0.15) is 0 Å². The minimum Gasteiger partial charge on any atom is -0.316 e. The summed E-state index contributed by atoms with van der Waals surface area (Å²) >= 11 is 0. The van der Waals surface area contributed by atoms with Gasteiger partial charge < -0.3 is 5.32 Å². The monoisotopic (exact) mass is 274 g/mol. The van der Waals surface area contributed by atoms with E-state index in [0.29, 0.717) is 6.04 Å². The van der Waals surface area contributed by atoms with Gasteiger partial charge in [-0.25, -0.2) is 0 Å². The highest BCUT2D eigenvalue weighted by Gasteiger charge is 2.22. The number of nitrogens with one attached hydrogen (secondary N) is 1. The molecule has 2 nitrogen and oxygen atoms in total. The molecule has 1 aliphatic rings. The zero-order chi connectivity index (χ0) is 14.2. The summed E-state index contributed by atoms with van der Waals surface area (Å²) in [7, 11) is 0. The molecular formula is C18H30N2. The van der Waals surface area contributed by atoms with Gasteiger partial charge in [-0.2, -0.15) is 0 Å². The van der Waals surface area contributed by atoms with Gasteiger partial charge in [0.15, 0.2) is 0 Å². The molecule has 0 aromatic heterocycles. The Morgan fingerprint density at radius 1 is 1.25 bits per heavy atom. The fraction of sp³-hybridized carbons (Fsp3) is 0.667. The van der Waals surface area contributed by atoms with Crippen molar-refractivity contribution < 1.29 is 0 Å². The van der Waals surface area contributed by atoms with E-state index in [9.17, 15) is 0 Å².